The van der Waals surface area contributed by atoms with Crippen LogP contribution in [0.25, 0.3) is 0 Å². The van der Waals surface area contributed by atoms with Crippen LogP contribution in [0.15, 0.2) is 30.3 Å². The van der Waals surface area contributed by atoms with Crippen LogP contribution in [-0.4, -0.2) is 55.0 Å². The normalized spacial score (nSPS) is 18.1. The maximum atomic E-state index is 12.6. The topological polar surface area (TPSA) is 102 Å². The molecule has 1 aromatic rings. The van der Waals surface area contributed by atoms with Crippen molar-refractivity contribution in [3.8, 4) is 0 Å². The fourth-order valence-corrected chi connectivity index (χ4v) is 2.82. The lowest BCUT2D eigenvalue weighted by atomic mass is 10.1. The van der Waals surface area contributed by atoms with Crippen LogP contribution in [0.5, 0.6) is 0 Å². The second kappa shape index (κ2) is 8.44. The van der Waals surface area contributed by atoms with Crippen LogP contribution < -0.4 is 11.1 Å². The summed E-state index contributed by atoms with van der Waals surface area (Å²) in [5.74, 6) is -1.12. The van der Waals surface area contributed by atoms with Gasteiger partial charge in [0.05, 0.1) is 13.2 Å². The molecule has 2 amide bonds. The Morgan fingerprint density at radius 2 is 2.04 bits per heavy atom. The lowest BCUT2D eigenvalue weighted by Crippen LogP contribution is -2.52. The van der Waals surface area contributed by atoms with Crippen LogP contribution in [0.3, 0.4) is 0 Å². The predicted octanol–water partition coefficient (Wildman–Crippen LogP) is -0.163. The number of nitrogens with zero attached hydrogens (tertiary/aromatic N) is 1. The van der Waals surface area contributed by atoms with E-state index in [0.717, 1.165) is 12.0 Å². The first kappa shape index (κ1) is 17.9. The van der Waals surface area contributed by atoms with Gasteiger partial charge in [-0.3, -0.25) is 14.4 Å². The molecule has 130 valence electrons. The average Bonchev–Trinajstić information content (AvgIpc) is 3.09. The van der Waals surface area contributed by atoms with Crippen LogP contribution in [-0.2, 0) is 25.5 Å². The molecule has 3 N–H and O–H groups in total. The van der Waals surface area contributed by atoms with E-state index in [1.165, 1.54) is 12.0 Å². The second-order valence-electron chi connectivity index (χ2n) is 5.78. The summed E-state index contributed by atoms with van der Waals surface area (Å²) in [6.45, 7) is 0.293. The summed E-state index contributed by atoms with van der Waals surface area (Å²) in [6.07, 6.45) is 1.73. The number of rotatable bonds is 6. The third-order valence-corrected chi connectivity index (χ3v) is 4.09. The molecule has 1 saturated heterocycles. The molecule has 0 bridgehead atoms. The molecule has 2 rings (SSSR count). The van der Waals surface area contributed by atoms with Crippen molar-refractivity contribution in [1.82, 2.24) is 10.2 Å². The van der Waals surface area contributed by atoms with E-state index in [4.69, 9.17) is 5.73 Å². The van der Waals surface area contributed by atoms with Gasteiger partial charge in [0.1, 0.15) is 12.6 Å². The molecule has 0 spiro atoms. The number of carbonyl (C=O) groups excluding carboxylic acids is 3. The van der Waals surface area contributed by atoms with Crippen molar-refractivity contribution < 1.29 is 19.1 Å². The maximum Gasteiger partial charge on any atom is 0.325 e. The highest BCUT2D eigenvalue weighted by Gasteiger charge is 2.36. The number of methoxy groups -OCH3 is 1. The number of carbonyl (C=O) groups is 3. The van der Waals surface area contributed by atoms with Crippen LogP contribution in [0.1, 0.15) is 18.4 Å². The lowest BCUT2D eigenvalue weighted by molar-refractivity contribution is -0.143. The molecule has 7 heteroatoms. The number of hydrogen-bond donors (Lipinski definition) is 2. The van der Waals surface area contributed by atoms with Crippen LogP contribution in [0.4, 0.5) is 0 Å². The summed E-state index contributed by atoms with van der Waals surface area (Å²) in [4.78, 5) is 37.4. The molecule has 0 saturated carbocycles. The van der Waals surface area contributed by atoms with Gasteiger partial charge in [0, 0.05) is 6.54 Å². The zero-order valence-electron chi connectivity index (χ0n) is 13.7. The minimum Gasteiger partial charge on any atom is -0.468 e. The fourth-order valence-electron chi connectivity index (χ4n) is 2.82. The van der Waals surface area contributed by atoms with Gasteiger partial charge in [0.15, 0.2) is 0 Å². The van der Waals surface area contributed by atoms with Gasteiger partial charge in [0.2, 0.25) is 11.8 Å². The molecule has 7 nitrogen and oxygen atoms in total. The average molecular weight is 333 g/mol. The van der Waals surface area contributed by atoms with Crippen molar-refractivity contribution >= 4 is 17.8 Å². The number of likely N-dealkylation sites (tertiary alicyclic amines) is 1. The Morgan fingerprint density at radius 3 is 2.71 bits per heavy atom. The van der Waals surface area contributed by atoms with E-state index < -0.39 is 18.1 Å². The van der Waals surface area contributed by atoms with E-state index >= 15 is 0 Å². The summed E-state index contributed by atoms with van der Waals surface area (Å²) in [5, 5.41) is 2.50. The smallest absolute Gasteiger partial charge is 0.325 e. The van der Waals surface area contributed by atoms with Crippen LogP contribution >= 0.6 is 0 Å². The second-order valence-corrected chi connectivity index (χ2v) is 5.78. The molecule has 2 atom stereocenters. The Balaban J connectivity index is 1.94. The number of hydrogen-bond acceptors (Lipinski definition) is 5. The molecular formula is C17H23N3O4. The number of amides is 2. The minimum atomic E-state index is -0.693. The zero-order valence-corrected chi connectivity index (χ0v) is 13.7. The Kier molecular flexibility index (Phi) is 6.31. The highest BCUT2D eigenvalue weighted by Crippen LogP contribution is 2.19. The van der Waals surface area contributed by atoms with Gasteiger partial charge < -0.3 is 20.7 Å². The largest absolute Gasteiger partial charge is 0.468 e. The number of benzene rings is 1. The first-order valence-electron chi connectivity index (χ1n) is 7.97. The molecular weight excluding hydrogens is 310 g/mol. The SMILES string of the molecule is COC(=O)CNC(=O)C1CCCN1C(=O)C(N)Cc1ccccc1. The molecule has 2 unspecified atom stereocenters. The van der Waals surface area contributed by atoms with Gasteiger partial charge in [-0.25, -0.2) is 0 Å². The highest BCUT2D eigenvalue weighted by atomic mass is 16.5. The highest BCUT2D eigenvalue weighted by molar-refractivity contribution is 5.91. The van der Waals surface area contributed by atoms with Crippen molar-refractivity contribution in [2.24, 2.45) is 5.73 Å². The Morgan fingerprint density at radius 1 is 1.33 bits per heavy atom. The maximum absolute atomic E-state index is 12.6. The van der Waals surface area contributed by atoms with Crippen molar-refractivity contribution in [3.63, 3.8) is 0 Å². The van der Waals surface area contributed by atoms with E-state index in [-0.39, 0.29) is 18.4 Å². The van der Waals surface area contributed by atoms with E-state index in [1.807, 2.05) is 30.3 Å². The van der Waals surface area contributed by atoms with Gasteiger partial charge in [-0.05, 0) is 24.8 Å². The summed E-state index contributed by atoms with van der Waals surface area (Å²) in [6, 6.07) is 8.25. The van der Waals surface area contributed by atoms with Gasteiger partial charge in [-0.1, -0.05) is 30.3 Å². The summed E-state index contributed by atoms with van der Waals surface area (Å²) >= 11 is 0. The fraction of sp³-hybridized carbons (Fsp3) is 0.471. The molecule has 1 heterocycles. The van der Waals surface area contributed by atoms with Crippen molar-refractivity contribution in [2.45, 2.75) is 31.3 Å². The molecule has 1 aliphatic rings. The van der Waals surface area contributed by atoms with Gasteiger partial charge in [0.25, 0.3) is 0 Å². The zero-order chi connectivity index (χ0) is 17.5. The Bertz CT molecular complexity index is 591. The van der Waals surface area contributed by atoms with E-state index in [0.29, 0.717) is 19.4 Å². The monoisotopic (exact) mass is 333 g/mol. The summed E-state index contributed by atoms with van der Waals surface area (Å²) in [5.41, 5.74) is 7.01. The van der Waals surface area contributed by atoms with E-state index in [2.05, 4.69) is 10.1 Å². The van der Waals surface area contributed by atoms with Crippen molar-refractivity contribution in [2.75, 3.05) is 20.2 Å². The minimum absolute atomic E-state index is 0.204. The third kappa shape index (κ3) is 4.55. The number of ether oxygens (including phenoxy) is 1. The third-order valence-electron chi connectivity index (χ3n) is 4.09. The van der Waals surface area contributed by atoms with Crippen molar-refractivity contribution in [3.05, 3.63) is 35.9 Å². The van der Waals surface area contributed by atoms with E-state index in [1.54, 1.807) is 0 Å². The van der Waals surface area contributed by atoms with Gasteiger partial charge in [-0.15, -0.1) is 0 Å². The molecule has 1 fully saturated rings. The predicted molar refractivity (Wildman–Crippen MR) is 87.9 cm³/mol. The Labute approximate surface area is 141 Å². The van der Waals surface area contributed by atoms with Crippen LogP contribution in [0, 0.1) is 0 Å². The Hall–Kier alpha value is -2.41. The van der Waals surface area contributed by atoms with E-state index in [9.17, 15) is 14.4 Å². The first-order chi connectivity index (χ1) is 11.5. The lowest BCUT2D eigenvalue weighted by Gasteiger charge is -2.26. The quantitative estimate of drug-likeness (QED) is 0.704. The van der Waals surface area contributed by atoms with Crippen molar-refractivity contribution in [1.29, 1.82) is 0 Å². The molecule has 1 aromatic carbocycles. The number of nitrogens with one attached hydrogen (secondary N) is 1. The summed E-state index contributed by atoms with van der Waals surface area (Å²) in [7, 11) is 1.25. The molecule has 0 radical (unpaired) electrons. The molecule has 0 aliphatic carbocycles. The molecule has 1 aliphatic heterocycles. The molecule has 0 aromatic heterocycles. The van der Waals surface area contributed by atoms with Gasteiger partial charge >= 0.3 is 5.97 Å². The molecule has 24 heavy (non-hydrogen) atoms. The van der Waals surface area contributed by atoms with Gasteiger partial charge in [-0.2, -0.15) is 0 Å². The summed E-state index contributed by atoms with van der Waals surface area (Å²) < 4.78 is 4.49. The first-order valence-corrected chi connectivity index (χ1v) is 7.97. The van der Waals surface area contributed by atoms with Crippen LogP contribution in [0.2, 0.25) is 0 Å². The number of esters is 1. The standard InChI is InChI=1S/C17H23N3O4/c1-24-15(21)11-19-16(22)14-8-5-9-20(14)17(23)13(18)10-12-6-3-2-4-7-12/h2-4,6-7,13-14H,5,8-11,18H2,1H3,(H,19,22). The number of nitrogens with two attached hydrogens (primary N) is 1.